The van der Waals surface area contributed by atoms with Crippen LogP contribution in [0.2, 0.25) is 4.34 Å². The van der Waals surface area contributed by atoms with Crippen molar-refractivity contribution in [1.29, 1.82) is 0 Å². The van der Waals surface area contributed by atoms with Crippen LogP contribution in [0.4, 0.5) is 0 Å². The molecule has 5 heteroatoms. The van der Waals surface area contributed by atoms with Gasteiger partial charge in [-0.15, -0.1) is 22.9 Å². The van der Waals surface area contributed by atoms with Crippen LogP contribution in [0.25, 0.3) is 0 Å². The lowest BCUT2D eigenvalue weighted by molar-refractivity contribution is -0.121. The maximum absolute atomic E-state index is 11.9. The predicted molar refractivity (Wildman–Crippen MR) is 76.2 cm³/mol. The lowest BCUT2D eigenvalue weighted by Gasteiger charge is -2.09. The zero-order valence-corrected chi connectivity index (χ0v) is 11.7. The van der Waals surface area contributed by atoms with Crippen LogP contribution in [-0.4, -0.2) is 5.91 Å². The van der Waals surface area contributed by atoms with Crippen molar-refractivity contribution in [3.63, 3.8) is 0 Å². The molecule has 2 aromatic rings. The normalized spacial score (nSPS) is 12.1. The minimum absolute atomic E-state index is 0.201. The van der Waals surface area contributed by atoms with Gasteiger partial charge in [-0.1, -0.05) is 41.9 Å². The van der Waals surface area contributed by atoms with E-state index in [0.29, 0.717) is 10.9 Å². The van der Waals surface area contributed by atoms with Crippen LogP contribution in [-0.2, 0) is 11.3 Å². The maximum atomic E-state index is 11.9. The molecule has 1 aromatic heterocycles. The van der Waals surface area contributed by atoms with Gasteiger partial charge in [0.2, 0.25) is 5.91 Å². The van der Waals surface area contributed by atoms with Gasteiger partial charge in [0.05, 0.1) is 10.9 Å². The Balaban J connectivity index is 1.92. The van der Waals surface area contributed by atoms with E-state index in [1.807, 2.05) is 42.5 Å². The Morgan fingerprint density at radius 3 is 2.56 bits per heavy atom. The molecule has 2 nitrogen and oxygen atoms in total. The zero-order chi connectivity index (χ0) is 13.0. The van der Waals surface area contributed by atoms with E-state index in [-0.39, 0.29) is 5.91 Å². The first-order valence-electron chi connectivity index (χ1n) is 5.38. The van der Waals surface area contributed by atoms with Gasteiger partial charge in [0, 0.05) is 4.88 Å². The zero-order valence-electron chi connectivity index (χ0n) is 9.40. The summed E-state index contributed by atoms with van der Waals surface area (Å²) in [4.78, 5) is 12.9. The minimum atomic E-state index is -0.665. The van der Waals surface area contributed by atoms with Gasteiger partial charge in [-0.05, 0) is 17.7 Å². The minimum Gasteiger partial charge on any atom is -0.350 e. The first-order valence-corrected chi connectivity index (χ1v) is 7.01. The SMILES string of the molecule is O=C(NCc1ccc(Cl)s1)C(Cl)c1ccccc1. The molecule has 0 aliphatic rings. The van der Waals surface area contributed by atoms with Crippen LogP contribution in [0.1, 0.15) is 15.8 Å². The molecule has 0 saturated heterocycles. The molecule has 0 saturated carbocycles. The highest BCUT2D eigenvalue weighted by Crippen LogP contribution is 2.23. The van der Waals surface area contributed by atoms with Gasteiger partial charge in [-0.25, -0.2) is 0 Å². The van der Waals surface area contributed by atoms with Gasteiger partial charge in [0.25, 0.3) is 0 Å². The Hall–Kier alpha value is -1.03. The summed E-state index contributed by atoms with van der Waals surface area (Å²) in [5.74, 6) is -0.201. The Morgan fingerprint density at radius 1 is 1.22 bits per heavy atom. The van der Waals surface area contributed by atoms with Crippen LogP contribution < -0.4 is 5.32 Å². The van der Waals surface area contributed by atoms with Crippen LogP contribution in [0.3, 0.4) is 0 Å². The van der Waals surface area contributed by atoms with E-state index in [1.165, 1.54) is 11.3 Å². The van der Waals surface area contributed by atoms with Crippen molar-refractivity contribution in [2.75, 3.05) is 0 Å². The highest BCUT2D eigenvalue weighted by molar-refractivity contribution is 7.16. The Morgan fingerprint density at radius 2 is 1.94 bits per heavy atom. The molecule has 94 valence electrons. The topological polar surface area (TPSA) is 29.1 Å². The van der Waals surface area contributed by atoms with Gasteiger partial charge in [0.1, 0.15) is 5.38 Å². The quantitative estimate of drug-likeness (QED) is 0.850. The van der Waals surface area contributed by atoms with Crippen molar-refractivity contribution in [1.82, 2.24) is 5.32 Å². The average molecular weight is 300 g/mol. The monoisotopic (exact) mass is 299 g/mol. The van der Waals surface area contributed by atoms with Crippen molar-refractivity contribution in [2.24, 2.45) is 0 Å². The van der Waals surface area contributed by atoms with Gasteiger partial charge in [-0.2, -0.15) is 0 Å². The molecular weight excluding hydrogens is 289 g/mol. The van der Waals surface area contributed by atoms with Crippen molar-refractivity contribution < 1.29 is 4.79 Å². The summed E-state index contributed by atoms with van der Waals surface area (Å²) >= 11 is 13.4. The second-order valence-electron chi connectivity index (χ2n) is 3.70. The van der Waals surface area contributed by atoms with Gasteiger partial charge in [0.15, 0.2) is 0 Å². The van der Waals surface area contributed by atoms with Crippen LogP contribution in [0.15, 0.2) is 42.5 Å². The Bertz CT molecular complexity index is 527. The molecule has 1 N–H and O–H groups in total. The molecule has 1 aromatic carbocycles. The molecule has 2 rings (SSSR count). The number of hydrogen-bond donors (Lipinski definition) is 1. The summed E-state index contributed by atoms with van der Waals surface area (Å²) in [6, 6.07) is 13.0. The molecule has 18 heavy (non-hydrogen) atoms. The fourth-order valence-electron chi connectivity index (χ4n) is 1.48. The average Bonchev–Trinajstić information content (AvgIpc) is 2.82. The highest BCUT2D eigenvalue weighted by Gasteiger charge is 2.16. The molecule has 1 amide bonds. The largest absolute Gasteiger partial charge is 0.350 e. The third-order valence-corrected chi connectivity index (χ3v) is 4.07. The molecule has 0 bridgehead atoms. The molecule has 0 fully saturated rings. The second kappa shape index (κ2) is 6.23. The van der Waals surface area contributed by atoms with Crippen molar-refractivity contribution >= 4 is 40.4 Å². The number of rotatable bonds is 4. The summed E-state index contributed by atoms with van der Waals surface area (Å²) < 4.78 is 0.713. The smallest absolute Gasteiger partial charge is 0.242 e. The summed E-state index contributed by atoms with van der Waals surface area (Å²) in [6.45, 7) is 0.451. The molecule has 1 heterocycles. The van der Waals surface area contributed by atoms with E-state index in [4.69, 9.17) is 23.2 Å². The van der Waals surface area contributed by atoms with Crippen molar-refractivity contribution in [2.45, 2.75) is 11.9 Å². The first kappa shape index (κ1) is 13.4. The second-order valence-corrected chi connectivity index (χ2v) is 5.93. The lowest BCUT2D eigenvalue weighted by Crippen LogP contribution is -2.26. The maximum Gasteiger partial charge on any atom is 0.242 e. The van der Waals surface area contributed by atoms with Crippen molar-refractivity contribution in [3.8, 4) is 0 Å². The van der Waals surface area contributed by atoms with E-state index in [2.05, 4.69) is 5.32 Å². The van der Waals surface area contributed by atoms with Crippen LogP contribution >= 0.6 is 34.5 Å². The Labute approximate surface area is 120 Å². The molecule has 0 spiro atoms. The fraction of sp³-hybridized carbons (Fsp3) is 0.154. The number of amides is 1. The molecule has 0 radical (unpaired) electrons. The summed E-state index contributed by atoms with van der Waals surface area (Å²) in [6.07, 6.45) is 0. The number of alkyl halides is 1. The van der Waals surface area contributed by atoms with Gasteiger partial charge >= 0.3 is 0 Å². The number of nitrogens with one attached hydrogen (secondary N) is 1. The lowest BCUT2D eigenvalue weighted by atomic mass is 10.1. The number of carbonyl (C=O) groups excluding carboxylic acids is 1. The van der Waals surface area contributed by atoms with Gasteiger partial charge < -0.3 is 5.32 Å². The molecule has 0 aliphatic heterocycles. The molecular formula is C13H11Cl2NOS. The standard InChI is InChI=1S/C13H11Cl2NOS/c14-11-7-6-10(18-11)8-16-13(17)12(15)9-4-2-1-3-5-9/h1-7,12H,8H2,(H,16,17). The van der Waals surface area contributed by atoms with Crippen LogP contribution in [0, 0.1) is 0 Å². The third-order valence-electron chi connectivity index (χ3n) is 2.39. The van der Waals surface area contributed by atoms with Crippen molar-refractivity contribution in [3.05, 3.63) is 57.2 Å². The highest BCUT2D eigenvalue weighted by atomic mass is 35.5. The van der Waals surface area contributed by atoms with E-state index in [1.54, 1.807) is 0 Å². The number of carbonyl (C=O) groups is 1. The summed E-state index contributed by atoms with van der Waals surface area (Å²) in [7, 11) is 0. The van der Waals surface area contributed by atoms with Crippen LogP contribution in [0.5, 0.6) is 0 Å². The Kier molecular flexibility index (Phi) is 4.64. The number of halogens is 2. The first-order chi connectivity index (χ1) is 8.66. The molecule has 1 atom stereocenters. The van der Waals surface area contributed by atoms with E-state index in [0.717, 1.165) is 10.4 Å². The molecule has 0 aliphatic carbocycles. The third kappa shape index (κ3) is 3.48. The predicted octanol–water partition coefficient (Wildman–Crippen LogP) is 4.00. The van der Waals surface area contributed by atoms with E-state index < -0.39 is 5.38 Å². The number of thiophene rings is 1. The van der Waals surface area contributed by atoms with E-state index >= 15 is 0 Å². The summed E-state index contributed by atoms with van der Waals surface area (Å²) in [5, 5.41) is 2.13. The van der Waals surface area contributed by atoms with Gasteiger partial charge in [-0.3, -0.25) is 4.79 Å². The fourth-order valence-corrected chi connectivity index (χ4v) is 2.73. The molecule has 1 unspecified atom stereocenters. The summed E-state index contributed by atoms with van der Waals surface area (Å²) in [5.41, 5.74) is 0.792. The van der Waals surface area contributed by atoms with E-state index in [9.17, 15) is 4.79 Å². The number of hydrogen-bond acceptors (Lipinski definition) is 2. The number of benzene rings is 1.